The predicted molar refractivity (Wildman–Crippen MR) is 136 cm³/mol. The minimum atomic E-state index is -0.894. The fraction of sp³-hybridized carbons (Fsp3) is 0.214. The van der Waals surface area contributed by atoms with Gasteiger partial charge in [-0.25, -0.2) is 9.78 Å². The fourth-order valence-corrected chi connectivity index (χ4v) is 5.69. The van der Waals surface area contributed by atoms with Gasteiger partial charge in [0, 0.05) is 18.2 Å². The molecule has 3 aromatic carbocycles. The molecule has 0 aliphatic heterocycles. The van der Waals surface area contributed by atoms with Gasteiger partial charge >= 0.3 is 35.5 Å². The molecule has 1 N–H and O–H groups in total. The van der Waals surface area contributed by atoms with Gasteiger partial charge in [-0.05, 0) is 36.1 Å². The summed E-state index contributed by atoms with van der Waals surface area (Å²) in [6, 6.07) is 28.5. The molecular weight excluding hydrogens is 451 g/mol. The Hall–Kier alpha value is -2.44. The molecule has 6 heteroatoms. The maximum atomic E-state index is 11.3. The van der Waals surface area contributed by atoms with Crippen LogP contribution in [0.4, 0.5) is 5.13 Å². The number of nitrogens with zero attached hydrogens (tertiary/aromatic N) is 2. The van der Waals surface area contributed by atoms with Crippen molar-refractivity contribution in [1.29, 1.82) is 0 Å². The second-order valence-electron chi connectivity index (χ2n) is 8.47. The zero-order valence-electron chi connectivity index (χ0n) is 20.4. The van der Waals surface area contributed by atoms with E-state index in [2.05, 4.69) is 53.4 Å². The van der Waals surface area contributed by atoms with Crippen LogP contribution in [0, 0.1) is 0 Å². The summed E-state index contributed by atoms with van der Waals surface area (Å²) in [6.45, 7) is 0.723. The zero-order chi connectivity index (χ0) is 22.6. The SMILES string of the molecule is O=C(O)c1ccc(CN(c2nc(-c3ccccc3)c(-c3ccccc3)s2)C2CCCC2)cc1.[H-].[Na+]. The molecule has 0 bridgehead atoms. The molecule has 1 aromatic heterocycles. The largest absolute Gasteiger partial charge is 1.00 e. The van der Waals surface area contributed by atoms with Crippen LogP contribution in [0.2, 0.25) is 0 Å². The quantitative estimate of drug-likeness (QED) is 0.404. The average Bonchev–Trinajstić information content (AvgIpc) is 3.55. The second kappa shape index (κ2) is 11.3. The summed E-state index contributed by atoms with van der Waals surface area (Å²) in [5, 5.41) is 10.3. The number of carbonyl (C=O) groups is 1. The fourth-order valence-electron chi connectivity index (χ4n) is 4.53. The van der Waals surface area contributed by atoms with Crippen molar-refractivity contribution in [3.05, 3.63) is 96.1 Å². The van der Waals surface area contributed by atoms with Crippen LogP contribution in [-0.4, -0.2) is 22.1 Å². The predicted octanol–water partition coefficient (Wildman–Crippen LogP) is 4.24. The summed E-state index contributed by atoms with van der Waals surface area (Å²) in [6.07, 6.45) is 4.80. The summed E-state index contributed by atoms with van der Waals surface area (Å²) in [5.74, 6) is -0.894. The van der Waals surface area contributed by atoms with Crippen molar-refractivity contribution in [2.45, 2.75) is 38.3 Å². The molecule has 4 nitrogen and oxygen atoms in total. The summed E-state index contributed by atoms with van der Waals surface area (Å²) in [5.41, 5.74) is 4.74. The molecule has 1 aliphatic carbocycles. The first kappa shape index (κ1) is 24.7. The number of benzene rings is 3. The molecule has 0 amide bonds. The van der Waals surface area contributed by atoms with E-state index in [4.69, 9.17) is 4.98 Å². The number of rotatable bonds is 7. The van der Waals surface area contributed by atoms with Crippen LogP contribution in [0.3, 0.4) is 0 Å². The minimum Gasteiger partial charge on any atom is -1.00 e. The van der Waals surface area contributed by atoms with Crippen LogP contribution in [0.1, 0.15) is 43.0 Å². The maximum absolute atomic E-state index is 11.3. The molecule has 1 fully saturated rings. The van der Waals surface area contributed by atoms with Gasteiger partial charge in [-0.3, -0.25) is 0 Å². The van der Waals surface area contributed by atoms with Crippen LogP contribution < -0.4 is 34.5 Å². The number of anilines is 1. The number of carboxylic acids is 1. The summed E-state index contributed by atoms with van der Waals surface area (Å²) in [7, 11) is 0. The Kier molecular flexibility index (Phi) is 8.22. The summed E-state index contributed by atoms with van der Waals surface area (Å²) < 4.78 is 0. The first-order valence-electron chi connectivity index (χ1n) is 11.4. The normalized spacial score (nSPS) is 13.4. The Balaban J connectivity index is 0.00000171. The van der Waals surface area contributed by atoms with E-state index in [-0.39, 0.29) is 31.0 Å². The number of hydrogen-bond donors (Lipinski definition) is 1. The van der Waals surface area contributed by atoms with Gasteiger partial charge in [0.15, 0.2) is 5.13 Å². The van der Waals surface area contributed by atoms with Crippen molar-refractivity contribution in [2.24, 2.45) is 0 Å². The first-order valence-corrected chi connectivity index (χ1v) is 12.2. The van der Waals surface area contributed by atoms with E-state index in [9.17, 15) is 9.90 Å². The van der Waals surface area contributed by atoms with Gasteiger partial charge in [-0.15, -0.1) is 0 Å². The standard InChI is InChI=1S/C28H26N2O2S.Na.H/c31-27(32)23-17-15-20(16-18-23)19-30(24-13-7-8-14-24)28-29-25(21-9-3-1-4-10-21)26(33-28)22-11-5-2-6-12-22;;/h1-6,9-12,15-18,24H,7-8,13-14,19H2,(H,31,32);;/q;+1;-1. The van der Waals surface area contributed by atoms with Gasteiger partial charge in [0.2, 0.25) is 0 Å². The number of thiazole rings is 1. The van der Waals surface area contributed by atoms with E-state index in [1.54, 1.807) is 23.5 Å². The average molecular weight is 479 g/mol. The van der Waals surface area contributed by atoms with E-state index in [1.165, 1.54) is 23.3 Å². The third kappa shape index (κ3) is 5.44. The van der Waals surface area contributed by atoms with Gasteiger partial charge in [0.25, 0.3) is 0 Å². The van der Waals surface area contributed by atoms with E-state index in [0.717, 1.165) is 41.3 Å². The molecule has 0 spiro atoms. The van der Waals surface area contributed by atoms with E-state index >= 15 is 0 Å². The molecule has 0 saturated heterocycles. The molecule has 168 valence electrons. The number of aromatic carboxylic acids is 1. The van der Waals surface area contributed by atoms with E-state index in [0.29, 0.717) is 11.6 Å². The number of aromatic nitrogens is 1. The summed E-state index contributed by atoms with van der Waals surface area (Å²) in [4.78, 5) is 20.1. The van der Waals surface area contributed by atoms with Crippen molar-refractivity contribution >= 4 is 22.4 Å². The molecule has 0 atom stereocenters. The summed E-state index contributed by atoms with van der Waals surface area (Å²) >= 11 is 1.75. The number of carboxylic acid groups (broad SMARTS) is 1. The molecule has 0 unspecified atom stereocenters. The number of hydrogen-bond acceptors (Lipinski definition) is 4. The van der Waals surface area contributed by atoms with E-state index < -0.39 is 5.97 Å². The topological polar surface area (TPSA) is 53.4 Å². The third-order valence-electron chi connectivity index (χ3n) is 6.26. The minimum absolute atomic E-state index is 0. The van der Waals surface area contributed by atoms with Crippen molar-refractivity contribution in [2.75, 3.05) is 4.90 Å². The van der Waals surface area contributed by atoms with Crippen LogP contribution in [0.5, 0.6) is 0 Å². The van der Waals surface area contributed by atoms with Crippen LogP contribution in [0.15, 0.2) is 84.9 Å². The Bertz CT molecular complexity index is 1170. The first-order chi connectivity index (χ1) is 16.2. The molecule has 1 aliphatic rings. The maximum Gasteiger partial charge on any atom is 1.00 e. The van der Waals surface area contributed by atoms with Gasteiger partial charge < -0.3 is 11.4 Å². The van der Waals surface area contributed by atoms with Crippen molar-refractivity contribution in [3.63, 3.8) is 0 Å². The molecule has 1 heterocycles. The van der Waals surface area contributed by atoms with Gasteiger partial charge in [0.05, 0.1) is 16.1 Å². The molecule has 5 rings (SSSR count). The Labute approximate surface area is 228 Å². The van der Waals surface area contributed by atoms with Crippen LogP contribution in [-0.2, 0) is 6.54 Å². The van der Waals surface area contributed by atoms with E-state index in [1.807, 2.05) is 24.3 Å². The second-order valence-corrected chi connectivity index (χ2v) is 9.45. The van der Waals surface area contributed by atoms with Crippen LogP contribution in [0.25, 0.3) is 21.7 Å². The van der Waals surface area contributed by atoms with Crippen LogP contribution >= 0.6 is 11.3 Å². The molecule has 0 radical (unpaired) electrons. The Morgan fingerprint density at radius 2 is 1.50 bits per heavy atom. The van der Waals surface area contributed by atoms with Crippen molar-refractivity contribution < 1.29 is 40.9 Å². The monoisotopic (exact) mass is 478 g/mol. The van der Waals surface area contributed by atoms with Gasteiger partial charge in [-0.2, -0.15) is 0 Å². The molecule has 1 saturated carbocycles. The molecule has 34 heavy (non-hydrogen) atoms. The third-order valence-corrected chi connectivity index (χ3v) is 7.41. The smallest absolute Gasteiger partial charge is 1.00 e. The molecular formula is C28H27N2NaO2S. The Morgan fingerprint density at radius 1 is 0.912 bits per heavy atom. The zero-order valence-corrected chi connectivity index (χ0v) is 22.2. The van der Waals surface area contributed by atoms with Crippen molar-refractivity contribution in [1.82, 2.24) is 4.98 Å². The molecule has 4 aromatic rings. The van der Waals surface area contributed by atoms with Crippen molar-refractivity contribution in [3.8, 4) is 21.7 Å². The van der Waals surface area contributed by atoms with Gasteiger partial charge in [0.1, 0.15) is 0 Å². The van der Waals surface area contributed by atoms with Gasteiger partial charge in [-0.1, -0.05) is 97.0 Å². The Morgan fingerprint density at radius 3 is 2.09 bits per heavy atom.